The summed E-state index contributed by atoms with van der Waals surface area (Å²) in [5.41, 5.74) is 2.84. The monoisotopic (exact) mass is 484 g/mol. The third kappa shape index (κ3) is 5.15. The van der Waals surface area contributed by atoms with Crippen LogP contribution in [0.2, 0.25) is 0 Å². The summed E-state index contributed by atoms with van der Waals surface area (Å²) >= 11 is 0. The zero-order chi connectivity index (χ0) is 25.3. The minimum absolute atomic E-state index is 0.0345. The fourth-order valence-corrected chi connectivity index (χ4v) is 4.81. The van der Waals surface area contributed by atoms with E-state index in [2.05, 4.69) is 32.0 Å². The van der Waals surface area contributed by atoms with E-state index in [9.17, 15) is 8.78 Å². The Morgan fingerprint density at radius 2 is 1.83 bits per heavy atom. The molecule has 0 aliphatic carbocycles. The van der Waals surface area contributed by atoms with E-state index in [1.54, 1.807) is 20.1 Å². The van der Waals surface area contributed by atoms with Gasteiger partial charge in [0.05, 0.1) is 18.5 Å². The molecule has 4 rings (SSSR count). The van der Waals surface area contributed by atoms with Crippen molar-refractivity contribution in [1.82, 2.24) is 19.9 Å². The molecular weight excluding hydrogens is 450 g/mol. The van der Waals surface area contributed by atoms with Gasteiger partial charge in [-0.2, -0.15) is 4.98 Å². The molecule has 1 aliphatic rings. The number of benzene rings is 1. The smallest absolute Gasteiger partial charge is 0.270 e. The number of methoxy groups -OCH3 is 1. The maximum Gasteiger partial charge on any atom is 0.270 e. The maximum absolute atomic E-state index is 14.1. The Kier molecular flexibility index (Phi) is 7.07. The number of anilines is 2. The SMILES string of the molecule is CCN1CCN(c2cc3c(N[C@H](C)c4cccc(C(C)(F)F)c4C)nc(C)nc3nc2OC)CC1. The number of aromatic nitrogens is 3. The van der Waals surface area contributed by atoms with Crippen LogP contribution in [-0.2, 0) is 5.92 Å². The number of fused-ring (bicyclic) bond motifs is 1. The van der Waals surface area contributed by atoms with Gasteiger partial charge in [-0.05, 0) is 44.5 Å². The Hall–Kier alpha value is -3.07. The first-order valence-corrected chi connectivity index (χ1v) is 12.1. The Balaban J connectivity index is 1.73. The van der Waals surface area contributed by atoms with Crippen molar-refractivity contribution in [2.24, 2.45) is 0 Å². The van der Waals surface area contributed by atoms with Crippen molar-refractivity contribution in [3.8, 4) is 5.88 Å². The summed E-state index contributed by atoms with van der Waals surface area (Å²) in [5.74, 6) is -1.18. The molecule has 3 aromatic rings. The predicted octanol–water partition coefficient (Wildman–Crippen LogP) is 5.08. The van der Waals surface area contributed by atoms with Gasteiger partial charge in [0.1, 0.15) is 17.3 Å². The molecule has 1 aliphatic heterocycles. The van der Waals surface area contributed by atoms with E-state index < -0.39 is 5.92 Å². The number of piperazine rings is 1. The number of alkyl halides is 2. The topological polar surface area (TPSA) is 66.4 Å². The van der Waals surface area contributed by atoms with Crippen LogP contribution in [0.1, 0.15) is 49.3 Å². The Labute approximate surface area is 205 Å². The molecule has 2 aromatic heterocycles. The summed E-state index contributed by atoms with van der Waals surface area (Å²) in [4.78, 5) is 18.6. The first kappa shape index (κ1) is 25.0. The number of rotatable bonds is 7. The number of pyridine rings is 1. The van der Waals surface area contributed by atoms with Crippen LogP contribution < -0.4 is 15.0 Å². The van der Waals surface area contributed by atoms with E-state index in [0.717, 1.165) is 56.3 Å². The predicted molar refractivity (Wildman–Crippen MR) is 136 cm³/mol. The number of nitrogens with zero attached hydrogens (tertiary/aromatic N) is 5. The molecule has 1 fully saturated rings. The molecule has 0 bridgehead atoms. The van der Waals surface area contributed by atoms with Crippen molar-refractivity contribution in [3.63, 3.8) is 0 Å². The molecule has 7 nitrogen and oxygen atoms in total. The van der Waals surface area contributed by atoms with Crippen molar-refractivity contribution < 1.29 is 13.5 Å². The van der Waals surface area contributed by atoms with Crippen LogP contribution in [0.15, 0.2) is 24.3 Å². The van der Waals surface area contributed by atoms with Crippen LogP contribution in [0.4, 0.5) is 20.3 Å². The van der Waals surface area contributed by atoms with Crippen molar-refractivity contribution in [2.45, 2.75) is 46.6 Å². The van der Waals surface area contributed by atoms with E-state index in [1.165, 1.54) is 6.07 Å². The average Bonchev–Trinajstić information content (AvgIpc) is 2.82. The molecule has 1 aromatic carbocycles. The summed E-state index contributed by atoms with van der Waals surface area (Å²) in [6.45, 7) is 13.3. The number of ether oxygens (including phenoxy) is 1. The van der Waals surface area contributed by atoms with E-state index >= 15 is 0 Å². The number of likely N-dealkylation sites (N-methyl/N-ethyl adjacent to an activating group) is 1. The normalized spacial score (nSPS) is 15.9. The number of nitrogens with one attached hydrogen (secondary N) is 1. The molecule has 9 heteroatoms. The van der Waals surface area contributed by atoms with Gasteiger partial charge in [0, 0.05) is 38.7 Å². The molecule has 0 saturated carbocycles. The third-order valence-electron chi connectivity index (χ3n) is 6.77. The Bertz CT molecular complexity index is 1200. The van der Waals surface area contributed by atoms with Crippen LogP contribution in [0, 0.1) is 13.8 Å². The molecule has 35 heavy (non-hydrogen) atoms. The molecule has 1 atom stereocenters. The van der Waals surface area contributed by atoms with Gasteiger partial charge in [0.25, 0.3) is 5.92 Å². The third-order valence-corrected chi connectivity index (χ3v) is 6.77. The molecule has 188 valence electrons. The Morgan fingerprint density at radius 3 is 2.46 bits per heavy atom. The summed E-state index contributed by atoms with van der Waals surface area (Å²) < 4.78 is 33.9. The fraction of sp³-hybridized carbons (Fsp3) is 0.500. The van der Waals surface area contributed by atoms with Crippen LogP contribution in [0.25, 0.3) is 11.0 Å². The van der Waals surface area contributed by atoms with Crippen LogP contribution >= 0.6 is 0 Å². The van der Waals surface area contributed by atoms with Crippen molar-refractivity contribution in [2.75, 3.05) is 50.1 Å². The molecule has 3 heterocycles. The van der Waals surface area contributed by atoms with Gasteiger partial charge in [0.15, 0.2) is 5.65 Å². The van der Waals surface area contributed by atoms with Gasteiger partial charge in [-0.1, -0.05) is 25.1 Å². The van der Waals surface area contributed by atoms with E-state index in [4.69, 9.17) is 9.72 Å². The lowest BCUT2D eigenvalue weighted by atomic mass is 9.94. The second kappa shape index (κ2) is 9.89. The summed E-state index contributed by atoms with van der Waals surface area (Å²) in [7, 11) is 1.62. The summed E-state index contributed by atoms with van der Waals surface area (Å²) in [6, 6.07) is 6.81. The van der Waals surface area contributed by atoms with Crippen molar-refractivity contribution >= 4 is 22.5 Å². The first-order valence-electron chi connectivity index (χ1n) is 12.1. The molecule has 1 saturated heterocycles. The highest BCUT2D eigenvalue weighted by Gasteiger charge is 2.28. The maximum atomic E-state index is 14.1. The lowest BCUT2D eigenvalue weighted by molar-refractivity contribution is 0.0167. The second-order valence-corrected chi connectivity index (χ2v) is 9.20. The highest BCUT2D eigenvalue weighted by Crippen LogP contribution is 2.36. The second-order valence-electron chi connectivity index (χ2n) is 9.20. The van der Waals surface area contributed by atoms with Crippen LogP contribution in [-0.4, -0.2) is 59.7 Å². The summed E-state index contributed by atoms with van der Waals surface area (Å²) in [6.07, 6.45) is 0. The van der Waals surface area contributed by atoms with Gasteiger partial charge >= 0.3 is 0 Å². The quantitative estimate of drug-likeness (QED) is 0.502. The lowest BCUT2D eigenvalue weighted by Crippen LogP contribution is -2.46. The average molecular weight is 485 g/mol. The number of halogens is 2. The molecule has 0 radical (unpaired) electrons. The van der Waals surface area contributed by atoms with Gasteiger partial charge in [-0.3, -0.25) is 0 Å². The van der Waals surface area contributed by atoms with E-state index in [0.29, 0.717) is 28.7 Å². The minimum Gasteiger partial charge on any atom is -0.479 e. The molecule has 0 unspecified atom stereocenters. The van der Waals surface area contributed by atoms with Gasteiger partial charge in [-0.25, -0.2) is 18.7 Å². The van der Waals surface area contributed by atoms with Crippen LogP contribution in [0.3, 0.4) is 0 Å². The standard InChI is InChI=1S/C26H34F2N6O/c1-7-33-11-13-34(14-12-33)22-15-20-23(30-18(4)31-24(20)32-25(22)35-6)29-17(3)19-9-8-10-21(16(19)2)26(5,27)28/h8-10,15,17H,7,11-14H2,1-6H3,(H,29,30,31,32)/t17-/m1/s1. The Morgan fingerprint density at radius 1 is 1.11 bits per heavy atom. The van der Waals surface area contributed by atoms with E-state index in [1.807, 2.05) is 26.0 Å². The molecule has 0 spiro atoms. The van der Waals surface area contributed by atoms with Crippen molar-refractivity contribution in [3.05, 3.63) is 46.8 Å². The van der Waals surface area contributed by atoms with Gasteiger partial charge in [-0.15, -0.1) is 0 Å². The summed E-state index contributed by atoms with van der Waals surface area (Å²) in [5, 5.41) is 4.21. The lowest BCUT2D eigenvalue weighted by Gasteiger charge is -2.35. The highest BCUT2D eigenvalue weighted by molar-refractivity contribution is 5.90. The highest BCUT2D eigenvalue weighted by atomic mass is 19.3. The van der Waals surface area contributed by atoms with Gasteiger partial charge in [0.2, 0.25) is 5.88 Å². The minimum atomic E-state index is -2.91. The first-order chi connectivity index (χ1) is 16.6. The zero-order valence-electron chi connectivity index (χ0n) is 21.3. The molecular formula is C26H34F2N6O. The molecule has 1 N–H and O–H groups in total. The van der Waals surface area contributed by atoms with Crippen LogP contribution in [0.5, 0.6) is 5.88 Å². The van der Waals surface area contributed by atoms with Gasteiger partial charge < -0.3 is 19.9 Å². The van der Waals surface area contributed by atoms with E-state index in [-0.39, 0.29) is 11.6 Å². The van der Waals surface area contributed by atoms with Crippen molar-refractivity contribution in [1.29, 1.82) is 0 Å². The largest absolute Gasteiger partial charge is 0.479 e. The fourth-order valence-electron chi connectivity index (χ4n) is 4.81. The number of aryl methyl sites for hydroxylation is 1. The number of hydrogen-bond donors (Lipinski definition) is 1. The number of hydrogen-bond acceptors (Lipinski definition) is 7. The molecule has 0 amide bonds. The zero-order valence-corrected chi connectivity index (χ0v) is 21.3.